The fraction of sp³-hybridized carbons (Fsp3) is 0.800. The summed E-state index contributed by atoms with van der Waals surface area (Å²) in [5.74, 6) is 0.834. The number of primary amides is 1. The molecule has 0 saturated heterocycles. The van der Waals surface area contributed by atoms with Crippen LogP contribution in [0.25, 0.3) is 0 Å². The van der Waals surface area contributed by atoms with Crippen LogP contribution in [-0.2, 0) is 0 Å². The maximum Gasteiger partial charge on any atom is 0.332 e. The van der Waals surface area contributed by atoms with Gasteiger partial charge in [0, 0.05) is 5.71 Å². The topological polar surface area (TPSA) is 67.5 Å². The Morgan fingerprint density at radius 1 is 1.43 bits per heavy atom. The molecule has 1 aliphatic rings. The third-order valence-electron chi connectivity index (χ3n) is 2.65. The van der Waals surface area contributed by atoms with Gasteiger partial charge in [0.15, 0.2) is 0 Å². The fourth-order valence-electron chi connectivity index (χ4n) is 1.82. The number of carbonyl (C=O) groups excluding carboxylic acids is 1. The van der Waals surface area contributed by atoms with Gasteiger partial charge in [-0.05, 0) is 31.6 Å². The van der Waals surface area contributed by atoms with E-state index in [9.17, 15) is 4.79 Å². The minimum absolute atomic E-state index is 0.576. The molecule has 0 spiro atoms. The Morgan fingerprint density at radius 3 is 2.50 bits per heavy atom. The van der Waals surface area contributed by atoms with Crippen LogP contribution in [0.4, 0.5) is 4.79 Å². The molecule has 0 radical (unpaired) electrons. The van der Waals surface area contributed by atoms with Gasteiger partial charge in [-0.3, -0.25) is 0 Å². The van der Waals surface area contributed by atoms with Gasteiger partial charge in [0.25, 0.3) is 0 Å². The Labute approximate surface area is 84.9 Å². The van der Waals surface area contributed by atoms with E-state index in [4.69, 9.17) is 5.73 Å². The molecule has 0 aromatic carbocycles. The van der Waals surface area contributed by atoms with E-state index in [0.29, 0.717) is 0 Å². The van der Waals surface area contributed by atoms with E-state index < -0.39 is 6.03 Å². The Morgan fingerprint density at radius 2 is 2.00 bits per heavy atom. The highest BCUT2D eigenvalue weighted by atomic mass is 16.2. The van der Waals surface area contributed by atoms with Crippen LogP contribution in [0.1, 0.15) is 45.4 Å². The molecular weight excluding hydrogens is 178 g/mol. The van der Waals surface area contributed by atoms with Crippen molar-refractivity contribution in [3.63, 3.8) is 0 Å². The molecule has 1 fully saturated rings. The first-order valence-corrected chi connectivity index (χ1v) is 5.29. The van der Waals surface area contributed by atoms with Crippen LogP contribution in [0.15, 0.2) is 5.10 Å². The Hall–Kier alpha value is -1.06. The Balaban J connectivity index is 2.38. The second-order valence-electron chi connectivity index (χ2n) is 4.04. The van der Waals surface area contributed by atoms with Crippen LogP contribution in [-0.4, -0.2) is 11.7 Å². The van der Waals surface area contributed by atoms with Crippen molar-refractivity contribution in [1.82, 2.24) is 5.43 Å². The van der Waals surface area contributed by atoms with Gasteiger partial charge in [-0.1, -0.05) is 19.8 Å². The first-order valence-electron chi connectivity index (χ1n) is 5.29. The van der Waals surface area contributed by atoms with Crippen LogP contribution < -0.4 is 11.2 Å². The van der Waals surface area contributed by atoms with E-state index in [0.717, 1.165) is 24.5 Å². The van der Waals surface area contributed by atoms with E-state index in [2.05, 4.69) is 17.5 Å². The van der Waals surface area contributed by atoms with Gasteiger partial charge in [0.1, 0.15) is 0 Å². The average Bonchev–Trinajstić information content (AvgIpc) is 2.08. The molecule has 80 valence electrons. The molecule has 3 N–H and O–H groups in total. The van der Waals surface area contributed by atoms with Gasteiger partial charge in [-0.2, -0.15) is 5.10 Å². The lowest BCUT2D eigenvalue weighted by Gasteiger charge is -2.16. The zero-order valence-electron chi connectivity index (χ0n) is 8.75. The summed E-state index contributed by atoms with van der Waals surface area (Å²) < 4.78 is 0. The molecule has 1 aliphatic carbocycles. The third kappa shape index (κ3) is 4.25. The molecule has 0 atom stereocenters. The minimum Gasteiger partial charge on any atom is -0.350 e. The predicted molar refractivity (Wildman–Crippen MR) is 57.0 cm³/mol. The van der Waals surface area contributed by atoms with E-state index in [1.807, 2.05) is 0 Å². The van der Waals surface area contributed by atoms with Crippen LogP contribution in [0, 0.1) is 5.92 Å². The maximum atomic E-state index is 10.5. The Kier molecular flexibility index (Phi) is 4.43. The van der Waals surface area contributed by atoms with Gasteiger partial charge >= 0.3 is 6.03 Å². The van der Waals surface area contributed by atoms with E-state index in [1.54, 1.807) is 0 Å². The van der Waals surface area contributed by atoms with Crippen molar-refractivity contribution in [2.24, 2.45) is 16.8 Å². The summed E-state index contributed by atoms with van der Waals surface area (Å²) in [6, 6.07) is -0.576. The average molecular weight is 197 g/mol. The largest absolute Gasteiger partial charge is 0.350 e. The van der Waals surface area contributed by atoms with Gasteiger partial charge in [0.05, 0.1) is 0 Å². The first kappa shape index (κ1) is 11.0. The van der Waals surface area contributed by atoms with Gasteiger partial charge in [-0.15, -0.1) is 0 Å². The summed E-state index contributed by atoms with van der Waals surface area (Å²) in [6.07, 6.45) is 6.83. The van der Waals surface area contributed by atoms with Crippen molar-refractivity contribution in [2.45, 2.75) is 45.4 Å². The normalized spacial score (nSPS) is 23.5. The van der Waals surface area contributed by atoms with Crippen LogP contribution in [0.5, 0.6) is 0 Å². The number of nitrogens with zero attached hydrogens (tertiary/aromatic N) is 1. The second kappa shape index (κ2) is 5.62. The van der Waals surface area contributed by atoms with E-state index in [1.165, 1.54) is 25.7 Å². The minimum atomic E-state index is -0.576. The smallest absolute Gasteiger partial charge is 0.332 e. The molecule has 0 unspecified atom stereocenters. The quantitative estimate of drug-likeness (QED) is 0.620. The zero-order chi connectivity index (χ0) is 10.4. The highest BCUT2D eigenvalue weighted by Gasteiger charge is 2.09. The summed E-state index contributed by atoms with van der Waals surface area (Å²) in [5.41, 5.74) is 8.33. The highest BCUT2D eigenvalue weighted by molar-refractivity contribution is 5.85. The molecule has 1 rings (SSSR count). The number of nitrogens with one attached hydrogen (secondary N) is 1. The molecule has 14 heavy (non-hydrogen) atoms. The number of amides is 2. The van der Waals surface area contributed by atoms with Crippen LogP contribution in [0.3, 0.4) is 0 Å². The number of hydrogen-bond acceptors (Lipinski definition) is 2. The second-order valence-corrected chi connectivity index (χ2v) is 4.04. The van der Waals surface area contributed by atoms with Crippen molar-refractivity contribution in [2.75, 3.05) is 0 Å². The molecule has 1 saturated carbocycles. The SMILES string of the molecule is CC1CCCC(=NNC(N)=O)CCC1. The molecule has 0 heterocycles. The molecule has 2 amide bonds. The predicted octanol–water partition coefficient (Wildman–Crippen LogP) is 2.00. The third-order valence-corrected chi connectivity index (χ3v) is 2.65. The summed E-state index contributed by atoms with van der Waals surface area (Å²) in [7, 11) is 0. The number of urea groups is 1. The summed E-state index contributed by atoms with van der Waals surface area (Å²) >= 11 is 0. The van der Waals surface area contributed by atoms with Crippen molar-refractivity contribution in [3.8, 4) is 0 Å². The number of nitrogens with two attached hydrogens (primary N) is 1. The summed E-state index contributed by atoms with van der Waals surface area (Å²) in [5, 5.41) is 4.00. The van der Waals surface area contributed by atoms with Gasteiger partial charge in [0.2, 0.25) is 0 Å². The van der Waals surface area contributed by atoms with E-state index >= 15 is 0 Å². The number of hydrogen-bond donors (Lipinski definition) is 2. The van der Waals surface area contributed by atoms with Crippen LogP contribution >= 0.6 is 0 Å². The monoisotopic (exact) mass is 197 g/mol. The van der Waals surface area contributed by atoms with Crippen LogP contribution in [0.2, 0.25) is 0 Å². The number of hydrazone groups is 1. The summed E-state index contributed by atoms with van der Waals surface area (Å²) in [6.45, 7) is 2.30. The lowest BCUT2D eigenvalue weighted by Crippen LogP contribution is -2.26. The first-order chi connectivity index (χ1) is 6.68. The standard InChI is InChI=1S/C10H19N3O/c1-8-4-2-6-9(7-3-5-8)12-13-10(11)14/h8H,2-7H2,1H3,(H3,11,13,14). The lowest BCUT2D eigenvalue weighted by molar-refractivity contribution is 0.249. The highest BCUT2D eigenvalue weighted by Crippen LogP contribution is 2.20. The maximum absolute atomic E-state index is 10.5. The summed E-state index contributed by atoms with van der Waals surface area (Å²) in [4.78, 5) is 10.5. The van der Waals surface area contributed by atoms with Crippen molar-refractivity contribution in [3.05, 3.63) is 0 Å². The fourth-order valence-corrected chi connectivity index (χ4v) is 1.82. The molecular formula is C10H19N3O. The van der Waals surface area contributed by atoms with E-state index in [-0.39, 0.29) is 0 Å². The molecule has 0 aromatic heterocycles. The van der Waals surface area contributed by atoms with Gasteiger partial charge < -0.3 is 5.73 Å². The molecule has 0 aromatic rings. The molecule has 0 bridgehead atoms. The van der Waals surface area contributed by atoms with Crippen molar-refractivity contribution >= 4 is 11.7 Å². The number of rotatable bonds is 1. The molecule has 4 nitrogen and oxygen atoms in total. The molecule has 0 aliphatic heterocycles. The van der Waals surface area contributed by atoms with Gasteiger partial charge in [-0.25, -0.2) is 10.2 Å². The lowest BCUT2D eigenvalue weighted by atomic mass is 9.92. The van der Waals surface area contributed by atoms with Crippen molar-refractivity contribution < 1.29 is 4.79 Å². The number of carbonyl (C=O) groups is 1. The zero-order valence-corrected chi connectivity index (χ0v) is 8.75. The molecule has 4 heteroatoms. The van der Waals surface area contributed by atoms with Crippen molar-refractivity contribution in [1.29, 1.82) is 0 Å². The Bertz CT molecular complexity index is 213.